The van der Waals surface area contributed by atoms with Crippen LogP contribution in [-0.2, 0) is 22.6 Å². The summed E-state index contributed by atoms with van der Waals surface area (Å²) in [6, 6.07) is 12.4. The van der Waals surface area contributed by atoms with Gasteiger partial charge in [-0.25, -0.2) is 0 Å². The van der Waals surface area contributed by atoms with Crippen molar-refractivity contribution in [2.45, 2.75) is 25.0 Å². The maximum Gasteiger partial charge on any atom is 0.234 e. The molecule has 2 amide bonds. The van der Waals surface area contributed by atoms with Gasteiger partial charge in [-0.1, -0.05) is 35.5 Å². The molecule has 172 valence electrons. The van der Waals surface area contributed by atoms with Crippen molar-refractivity contribution in [3.05, 3.63) is 71.5 Å². The Morgan fingerprint density at radius 3 is 2.61 bits per heavy atom. The van der Waals surface area contributed by atoms with Gasteiger partial charge in [0.2, 0.25) is 11.8 Å². The molecule has 8 nitrogen and oxygen atoms in total. The minimum atomic E-state index is -0.233. The van der Waals surface area contributed by atoms with Gasteiger partial charge >= 0.3 is 0 Å². The lowest BCUT2D eigenvalue weighted by Crippen LogP contribution is -2.18. The normalized spacial score (nSPS) is 10.5. The maximum atomic E-state index is 12.5. The number of carbonyl (C=O) groups excluding carboxylic acids is 2. The molecule has 0 atom stereocenters. The van der Waals surface area contributed by atoms with Crippen LogP contribution in [0.3, 0.4) is 0 Å². The summed E-state index contributed by atoms with van der Waals surface area (Å²) in [5.74, 6) is 0.879. The quantitative estimate of drug-likeness (QED) is 0.327. The lowest BCUT2D eigenvalue weighted by Gasteiger charge is -2.10. The number of anilines is 2. The van der Waals surface area contributed by atoms with E-state index in [0.29, 0.717) is 39.7 Å². The molecule has 1 heterocycles. The number of rotatable bonds is 10. The van der Waals surface area contributed by atoms with Crippen molar-refractivity contribution in [3.63, 3.8) is 0 Å². The Hall–Kier alpha value is -3.30. The maximum absolute atomic E-state index is 12.5. The molecule has 0 radical (unpaired) electrons. The first-order valence-electron chi connectivity index (χ1n) is 10.0. The summed E-state index contributed by atoms with van der Waals surface area (Å²) in [6.45, 7) is 6.06. The molecular formula is C23H24ClN5O3S. The highest BCUT2D eigenvalue weighted by Gasteiger charge is 2.17. The molecule has 0 saturated heterocycles. The molecule has 2 N–H and O–H groups in total. The van der Waals surface area contributed by atoms with Gasteiger partial charge in [0.1, 0.15) is 11.6 Å². The Morgan fingerprint density at radius 2 is 1.91 bits per heavy atom. The van der Waals surface area contributed by atoms with Crippen LogP contribution < -0.4 is 15.4 Å². The molecule has 0 spiro atoms. The molecule has 10 heteroatoms. The van der Waals surface area contributed by atoms with E-state index in [0.717, 1.165) is 5.56 Å². The van der Waals surface area contributed by atoms with Crippen LogP contribution in [-0.4, -0.2) is 39.4 Å². The molecule has 0 unspecified atom stereocenters. The Morgan fingerprint density at radius 1 is 1.15 bits per heavy atom. The second-order valence-corrected chi connectivity index (χ2v) is 8.43. The van der Waals surface area contributed by atoms with E-state index >= 15 is 0 Å². The van der Waals surface area contributed by atoms with E-state index < -0.39 is 0 Å². The molecule has 33 heavy (non-hydrogen) atoms. The number of halogens is 1. The monoisotopic (exact) mass is 485 g/mol. The molecule has 0 saturated carbocycles. The Labute approximate surface area is 201 Å². The Balaban J connectivity index is 1.62. The number of benzene rings is 2. The molecule has 3 aromatic rings. The molecule has 0 aliphatic heterocycles. The zero-order valence-electron chi connectivity index (χ0n) is 18.3. The lowest BCUT2D eigenvalue weighted by molar-refractivity contribution is -0.116. The van der Waals surface area contributed by atoms with Crippen molar-refractivity contribution in [1.82, 2.24) is 14.8 Å². The van der Waals surface area contributed by atoms with Gasteiger partial charge in [-0.15, -0.1) is 16.8 Å². The second kappa shape index (κ2) is 11.5. The van der Waals surface area contributed by atoms with Crippen molar-refractivity contribution in [2.75, 3.05) is 23.5 Å². The Kier molecular flexibility index (Phi) is 8.51. The van der Waals surface area contributed by atoms with Crippen LogP contribution in [0.2, 0.25) is 5.02 Å². The van der Waals surface area contributed by atoms with E-state index in [-0.39, 0.29) is 24.0 Å². The van der Waals surface area contributed by atoms with Crippen molar-refractivity contribution >= 4 is 46.6 Å². The number of amides is 2. The summed E-state index contributed by atoms with van der Waals surface area (Å²) >= 11 is 7.24. The van der Waals surface area contributed by atoms with Gasteiger partial charge in [-0.3, -0.25) is 9.59 Å². The van der Waals surface area contributed by atoms with Crippen molar-refractivity contribution in [3.8, 4) is 5.75 Å². The van der Waals surface area contributed by atoms with Crippen LogP contribution in [0.15, 0.2) is 60.3 Å². The lowest BCUT2D eigenvalue weighted by atomic mass is 10.2. The molecule has 2 aromatic carbocycles. The SMILES string of the molecule is C=CCn1c(CC(=O)Nc2ccc(OC)cc2)nnc1SCC(=O)Nc1cc(Cl)ccc1C. The van der Waals surface area contributed by atoms with Gasteiger partial charge in [-0.05, 0) is 48.9 Å². The van der Waals surface area contributed by atoms with Crippen LogP contribution >= 0.6 is 23.4 Å². The summed E-state index contributed by atoms with van der Waals surface area (Å²) in [5, 5.41) is 15.1. The minimum Gasteiger partial charge on any atom is -0.497 e. The number of nitrogens with zero attached hydrogens (tertiary/aromatic N) is 3. The van der Waals surface area contributed by atoms with E-state index in [1.54, 1.807) is 54.2 Å². The Bertz CT molecular complexity index is 1150. The highest BCUT2D eigenvalue weighted by atomic mass is 35.5. The summed E-state index contributed by atoms with van der Waals surface area (Å²) < 4.78 is 6.89. The first kappa shape index (κ1) is 24.3. The molecule has 0 aliphatic carbocycles. The predicted molar refractivity (Wildman–Crippen MR) is 131 cm³/mol. The molecule has 0 bridgehead atoms. The van der Waals surface area contributed by atoms with E-state index in [4.69, 9.17) is 16.3 Å². The van der Waals surface area contributed by atoms with Crippen LogP contribution in [0.1, 0.15) is 11.4 Å². The number of aromatic nitrogens is 3. The average Bonchev–Trinajstić information content (AvgIpc) is 3.16. The number of allylic oxidation sites excluding steroid dienone is 1. The standard InChI is InChI=1S/C23H24ClN5O3S/c1-4-11-29-20(13-21(30)25-17-7-9-18(32-3)10-8-17)27-28-23(29)33-14-22(31)26-19-12-16(24)6-5-15(19)2/h4-10,12H,1,11,13-14H2,2-3H3,(H,25,30)(H,26,31). The van der Waals surface area contributed by atoms with Gasteiger partial charge in [-0.2, -0.15) is 0 Å². The smallest absolute Gasteiger partial charge is 0.234 e. The number of ether oxygens (including phenoxy) is 1. The molecule has 0 fully saturated rings. The summed E-state index contributed by atoms with van der Waals surface area (Å²) in [7, 11) is 1.58. The van der Waals surface area contributed by atoms with E-state index in [1.165, 1.54) is 11.8 Å². The minimum absolute atomic E-state index is 0.0291. The predicted octanol–water partition coefficient (Wildman–Crippen LogP) is 4.35. The fourth-order valence-corrected chi connectivity index (χ4v) is 3.88. The zero-order valence-corrected chi connectivity index (χ0v) is 19.9. The fraction of sp³-hybridized carbons (Fsp3) is 0.217. The number of methoxy groups -OCH3 is 1. The first-order valence-corrected chi connectivity index (χ1v) is 11.4. The number of aryl methyl sites for hydroxylation is 1. The van der Waals surface area contributed by atoms with Gasteiger partial charge in [0.25, 0.3) is 0 Å². The van der Waals surface area contributed by atoms with Crippen molar-refractivity contribution < 1.29 is 14.3 Å². The summed E-state index contributed by atoms with van der Waals surface area (Å²) in [4.78, 5) is 24.9. The summed E-state index contributed by atoms with van der Waals surface area (Å²) in [6.07, 6.45) is 1.72. The molecule has 0 aliphatic rings. The number of hydrogen-bond donors (Lipinski definition) is 2. The van der Waals surface area contributed by atoms with E-state index in [2.05, 4.69) is 27.4 Å². The van der Waals surface area contributed by atoms with Crippen LogP contribution in [0.4, 0.5) is 11.4 Å². The molecule has 3 rings (SSSR count). The number of thioether (sulfide) groups is 1. The zero-order chi connectivity index (χ0) is 23.8. The number of nitrogens with one attached hydrogen (secondary N) is 2. The van der Waals surface area contributed by atoms with Crippen LogP contribution in [0.5, 0.6) is 5.75 Å². The number of hydrogen-bond acceptors (Lipinski definition) is 6. The fourth-order valence-electron chi connectivity index (χ4n) is 2.94. The topological polar surface area (TPSA) is 98.1 Å². The molecule has 1 aromatic heterocycles. The van der Waals surface area contributed by atoms with Crippen LogP contribution in [0, 0.1) is 6.92 Å². The first-order chi connectivity index (χ1) is 15.9. The van der Waals surface area contributed by atoms with Crippen LogP contribution in [0.25, 0.3) is 0 Å². The average molecular weight is 486 g/mol. The summed E-state index contributed by atoms with van der Waals surface area (Å²) in [5.41, 5.74) is 2.23. The molecular weight excluding hydrogens is 462 g/mol. The van der Waals surface area contributed by atoms with Gasteiger partial charge in [0.05, 0.1) is 19.3 Å². The van der Waals surface area contributed by atoms with Crippen molar-refractivity contribution in [2.24, 2.45) is 0 Å². The second-order valence-electron chi connectivity index (χ2n) is 7.05. The largest absolute Gasteiger partial charge is 0.497 e. The van der Waals surface area contributed by atoms with Gasteiger partial charge in [0.15, 0.2) is 5.16 Å². The van der Waals surface area contributed by atoms with Crippen molar-refractivity contribution in [1.29, 1.82) is 0 Å². The van der Waals surface area contributed by atoms with E-state index in [9.17, 15) is 9.59 Å². The van der Waals surface area contributed by atoms with Gasteiger partial charge in [0, 0.05) is 22.9 Å². The highest BCUT2D eigenvalue weighted by molar-refractivity contribution is 7.99. The third kappa shape index (κ3) is 6.84. The van der Waals surface area contributed by atoms with E-state index in [1.807, 2.05) is 13.0 Å². The number of carbonyl (C=O) groups is 2. The van der Waals surface area contributed by atoms with Gasteiger partial charge < -0.3 is 19.9 Å². The third-order valence-electron chi connectivity index (χ3n) is 4.60. The third-order valence-corrected chi connectivity index (χ3v) is 5.81. The highest BCUT2D eigenvalue weighted by Crippen LogP contribution is 2.22.